The van der Waals surface area contributed by atoms with Crippen LogP contribution in [0.4, 0.5) is 0 Å². The van der Waals surface area contributed by atoms with Gasteiger partial charge >= 0.3 is 0 Å². The van der Waals surface area contributed by atoms with Gasteiger partial charge in [-0.2, -0.15) is 0 Å². The molecule has 0 aromatic carbocycles. The van der Waals surface area contributed by atoms with Crippen molar-refractivity contribution >= 4 is 21.6 Å². The summed E-state index contributed by atoms with van der Waals surface area (Å²) in [4.78, 5) is 4.40. The first-order valence-corrected chi connectivity index (χ1v) is 7.21. The summed E-state index contributed by atoms with van der Waals surface area (Å²) in [7, 11) is 0. The topological polar surface area (TPSA) is 52.8 Å². The van der Waals surface area contributed by atoms with E-state index in [2.05, 4.69) is 34.4 Å². The summed E-state index contributed by atoms with van der Waals surface area (Å²) in [5.74, 6) is 0.143. The van der Waals surface area contributed by atoms with E-state index in [1.165, 1.54) is 0 Å². The lowest BCUT2D eigenvalue weighted by atomic mass is 9.84. The first-order chi connectivity index (χ1) is 8.45. The standard InChI is InChI=1S/C14H22BrNO2/c1-4-10(3)13(16-9-11(15)5-2)14(18)8-6-7-12(14)17/h5,9-10,12,17-18H,2,4,6-8H2,1,3H3/b11-9+,16-13?/t10-,12?,14?/m1/s1. The fourth-order valence-corrected chi connectivity index (χ4v) is 2.41. The van der Waals surface area contributed by atoms with Crippen LogP contribution in [0.1, 0.15) is 39.5 Å². The molecule has 4 heteroatoms. The molecule has 3 nitrogen and oxygen atoms in total. The molecule has 0 saturated heterocycles. The van der Waals surface area contributed by atoms with E-state index < -0.39 is 11.7 Å². The molecule has 1 saturated carbocycles. The van der Waals surface area contributed by atoms with Crippen molar-refractivity contribution in [3.63, 3.8) is 0 Å². The van der Waals surface area contributed by atoms with Crippen LogP contribution < -0.4 is 0 Å². The van der Waals surface area contributed by atoms with Crippen molar-refractivity contribution in [2.45, 2.75) is 51.2 Å². The Morgan fingerprint density at radius 3 is 2.78 bits per heavy atom. The molecule has 1 rings (SSSR count). The van der Waals surface area contributed by atoms with Gasteiger partial charge in [0.1, 0.15) is 5.60 Å². The number of allylic oxidation sites excluding steroid dienone is 2. The minimum atomic E-state index is -1.17. The van der Waals surface area contributed by atoms with Crippen molar-refractivity contribution in [1.82, 2.24) is 0 Å². The number of aliphatic hydroxyl groups excluding tert-OH is 1. The van der Waals surface area contributed by atoms with E-state index >= 15 is 0 Å². The molecule has 102 valence electrons. The van der Waals surface area contributed by atoms with Crippen molar-refractivity contribution in [2.24, 2.45) is 10.9 Å². The lowest BCUT2D eigenvalue weighted by molar-refractivity contribution is -0.00357. The first-order valence-electron chi connectivity index (χ1n) is 6.42. The third kappa shape index (κ3) is 3.31. The van der Waals surface area contributed by atoms with Crippen LogP contribution in [-0.2, 0) is 0 Å². The van der Waals surface area contributed by atoms with Gasteiger partial charge in [-0.05, 0) is 47.5 Å². The molecule has 0 bridgehead atoms. The summed E-state index contributed by atoms with van der Waals surface area (Å²) in [6, 6.07) is 0. The zero-order valence-electron chi connectivity index (χ0n) is 11.1. The second-order valence-electron chi connectivity index (χ2n) is 4.87. The average molecular weight is 316 g/mol. The Labute approximate surface area is 117 Å². The SMILES string of the molecule is C=C/C(Br)=C\N=C([C@H](C)CC)C1(O)CCCC1O. The van der Waals surface area contributed by atoms with Crippen LogP contribution >= 0.6 is 15.9 Å². The normalized spacial score (nSPS) is 31.5. The van der Waals surface area contributed by atoms with E-state index in [4.69, 9.17) is 0 Å². The molecule has 1 aliphatic carbocycles. The molecule has 3 atom stereocenters. The highest BCUT2D eigenvalue weighted by Crippen LogP contribution is 2.34. The second kappa shape index (κ2) is 6.64. The van der Waals surface area contributed by atoms with Gasteiger partial charge in [-0.15, -0.1) is 0 Å². The monoisotopic (exact) mass is 315 g/mol. The van der Waals surface area contributed by atoms with Crippen molar-refractivity contribution in [3.05, 3.63) is 23.3 Å². The molecule has 0 spiro atoms. The fourth-order valence-electron chi connectivity index (χ4n) is 2.31. The Morgan fingerprint density at radius 1 is 1.67 bits per heavy atom. The molecule has 0 amide bonds. The van der Waals surface area contributed by atoms with Gasteiger partial charge in [0.05, 0.1) is 11.8 Å². The molecule has 1 aliphatic rings. The minimum absolute atomic E-state index is 0.143. The Bertz CT molecular complexity index is 365. The maximum absolute atomic E-state index is 10.7. The highest BCUT2D eigenvalue weighted by molar-refractivity contribution is 9.11. The average Bonchev–Trinajstić information content (AvgIpc) is 2.69. The largest absolute Gasteiger partial charge is 0.390 e. The summed E-state index contributed by atoms with van der Waals surface area (Å²) in [5.41, 5.74) is -0.491. The summed E-state index contributed by atoms with van der Waals surface area (Å²) >= 11 is 3.31. The van der Waals surface area contributed by atoms with Crippen molar-refractivity contribution in [2.75, 3.05) is 0 Å². The molecule has 0 heterocycles. The number of aliphatic hydroxyl groups is 2. The predicted molar refractivity (Wildman–Crippen MR) is 78.9 cm³/mol. The summed E-state index contributed by atoms with van der Waals surface area (Å²) in [5, 5.41) is 20.7. The van der Waals surface area contributed by atoms with E-state index in [1.807, 2.05) is 6.92 Å². The zero-order chi connectivity index (χ0) is 13.8. The smallest absolute Gasteiger partial charge is 0.129 e. The number of hydrogen-bond donors (Lipinski definition) is 2. The highest BCUT2D eigenvalue weighted by Gasteiger charge is 2.45. The van der Waals surface area contributed by atoms with Gasteiger partial charge in [-0.1, -0.05) is 26.5 Å². The van der Waals surface area contributed by atoms with E-state index in [1.54, 1.807) is 12.3 Å². The van der Waals surface area contributed by atoms with Crippen LogP contribution in [0.5, 0.6) is 0 Å². The number of halogens is 1. The molecule has 0 radical (unpaired) electrons. The van der Waals surface area contributed by atoms with Crippen LogP contribution in [0.25, 0.3) is 0 Å². The molecule has 0 aliphatic heterocycles. The van der Waals surface area contributed by atoms with Crippen LogP contribution in [0.2, 0.25) is 0 Å². The van der Waals surface area contributed by atoms with E-state index in [-0.39, 0.29) is 5.92 Å². The molecule has 2 N–H and O–H groups in total. The van der Waals surface area contributed by atoms with Gasteiger partial charge in [-0.25, -0.2) is 0 Å². The van der Waals surface area contributed by atoms with Crippen molar-refractivity contribution < 1.29 is 10.2 Å². The van der Waals surface area contributed by atoms with Gasteiger partial charge in [-0.3, -0.25) is 4.99 Å². The Balaban J connectivity index is 3.09. The molecule has 0 aromatic heterocycles. The molecule has 0 aromatic rings. The minimum Gasteiger partial charge on any atom is -0.390 e. The number of hydrogen-bond acceptors (Lipinski definition) is 3. The Kier molecular flexibility index (Phi) is 5.76. The molecular formula is C14H22BrNO2. The van der Waals surface area contributed by atoms with Gasteiger partial charge < -0.3 is 10.2 Å². The number of nitrogens with zero attached hydrogens (tertiary/aromatic N) is 1. The van der Waals surface area contributed by atoms with Gasteiger partial charge in [0, 0.05) is 10.7 Å². The summed E-state index contributed by atoms with van der Waals surface area (Å²) in [6.45, 7) is 7.72. The summed E-state index contributed by atoms with van der Waals surface area (Å²) < 4.78 is 0.763. The third-order valence-corrected chi connectivity index (χ3v) is 4.16. The second-order valence-corrected chi connectivity index (χ2v) is 5.79. The molecular weight excluding hydrogens is 294 g/mol. The maximum atomic E-state index is 10.7. The van der Waals surface area contributed by atoms with Crippen molar-refractivity contribution in [1.29, 1.82) is 0 Å². The van der Waals surface area contributed by atoms with Crippen LogP contribution in [-0.4, -0.2) is 27.6 Å². The van der Waals surface area contributed by atoms with Crippen LogP contribution in [0.3, 0.4) is 0 Å². The van der Waals surface area contributed by atoms with E-state index in [0.717, 1.165) is 17.3 Å². The highest BCUT2D eigenvalue weighted by atomic mass is 79.9. The maximum Gasteiger partial charge on any atom is 0.129 e. The molecule has 18 heavy (non-hydrogen) atoms. The zero-order valence-corrected chi connectivity index (χ0v) is 12.7. The first kappa shape index (κ1) is 15.6. The predicted octanol–water partition coefficient (Wildman–Crippen LogP) is 3.17. The third-order valence-electron chi connectivity index (χ3n) is 3.63. The van der Waals surface area contributed by atoms with Crippen molar-refractivity contribution in [3.8, 4) is 0 Å². The molecule has 2 unspecified atom stereocenters. The fraction of sp³-hybridized carbons (Fsp3) is 0.643. The van der Waals surface area contributed by atoms with Gasteiger partial charge in [0.15, 0.2) is 0 Å². The lowest BCUT2D eigenvalue weighted by Crippen LogP contribution is -2.48. The number of rotatable bonds is 5. The quantitative estimate of drug-likeness (QED) is 0.605. The summed E-state index contributed by atoms with van der Waals surface area (Å²) in [6.07, 6.45) is 5.51. The van der Waals surface area contributed by atoms with E-state index in [9.17, 15) is 10.2 Å². The molecule has 1 fully saturated rings. The van der Waals surface area contributed by atoms with E-state index in [0.29, 0.717) is 18.6 Å². The Hall–Kier alpha value is -0.450. The van der Waals surface area contributed by atoms with Gasteiger partial charge in [0.25, 0.3) is 0 Å². The Morgan fingerprint density at radius 2 is 2.33 bits per heavy atom. The van der Waals surface area contributed by atoms with Gasteiger partial charge in [0.2, 0.25) is 0 Å². The van der Waals surface area contributed by atoms with Crippen LogP contribution in [0.15, 0.2) is 28.3 Å². The van der Waals surface area contributed by atoms with Crippen LogP contribution in [0, 0.1) is 5.92 Å². The lowest BCUT2D eigenvalue weighted by Gasteiger charge is -2.31. The number of aliphatic imine (C=N–C) groups is 1.